The van der Waals surface area contributed by atoms with Crippen LogP contribution in [0.5, 0.6) is 5.75 Å². The Balaban J connectivity index is 1.52. The first-order chi connectivity index (χ1) is 13.9. The van der Waals surface area contributed by atoms with Crippen molar-refractivity contribution in [3.05, 3.63) is 54.4 Å². The molecule has 0 bridgehead atoms. The van der Waals surface area contributed by atoms with Gasteiger partial charge in [0.1, 0.15) is 5.75 Å². The van der Waals surface area contributed by atoms with E-state index < -0.39 is 22.6 Å². The molecule has 0 spiro atoms. The van der Waals surface area contributed by atoms with E-state index in [0.717, 1.165) is 0 Å². The molecule has 2 heterocycles. The summed E-state index contributed by atoms with van der Waals surface area (Å²) in [6.07, 6.45) is 2.89. The molecule has 2 aromatic rings. The lowest BCUT2D eigenvalue weighted by molar-refractivity contribution is -0.135. The zero-order chi connectivity index (χ0) is 20.9. The predicted octanol–water partition coefficient (Wildman–Crippen LogP) is 0.780. The number of sulfonamides is 1. The van der Waals surface area contributed by atoms with Gasteiger partial charge in [-0.2, -0.15) is 4.31 Å². The first kappa shape index (κ1) is 20.7. The van der Waals surface area contributed by atoms with Crippen molar-refractivity contribution >= 4 is 21.9 Å². The molecule has 0 unspecified atom stereocenters. The van der Waals surface area contributed by atoms with Crippen molar-refractivity contribution in [1.29, 1.82) is 0 Å². The van der Waals surface area contributed by atoms with Gasteiger partial charge in [-0.25, -0.2) is 13.2 Å². The van der Waals surface area contributed by atoms with E-state index in [1.54, 1.807) is 24.3 Å². The molecule has 3 rings (SSSR count). The van der Waals surface area contributed by atoms with Crippen LogP contribution in [0.4, 0.5) is 0 Å². The van der Waals surface area contributed by atoms with E-state index in [-0.39, 0.29) is 42.5 Å². The lowest BCUT2D eigenvalue weighted by Crippen LogP contribution is -2.51. The minimum absolute atomic E-state index is 0.163. The number of pyridine rings is 1. The molecule has 1 aromatic carbocycles. The minimum Gasteiger partial charge on any atom is -0.497 e. The summed E-state index contributed by atoms with van der Waals surface area (Å²) in [5.74, 6) is -0.434. The van der Waals surface area contributed by atoms with Crippen LogP contribution in [0, 0.1) is 0 Å². The smallest absolute Gasteiger partial charge is 0.340 e. The van der Waals surface area contributed by atoms with Crippen LogP contribution in [0.3, 0.4) is 0 Å². The summed E-state index contributed by atoms with van der Waals surface area (Å²) in [7, 11) is -2.14. The SMILES string of the molecule is COc1ccc(S(=O)(=O)N2CCN(C(=O)COC(=O)c3cccnc3)CC2)cc1. The first-order valence-corrected chi connectivity index (χ1v) is 10.3. The average Bonchev–Trinajstić information content (AvgIpc) is 2.78. The number of aromatic nitrogens is 1. The monoisotopic (exact) mass is 419 g/mol. The highest BCUT2D eigenvalue weighted by Crippen LogP contribution is 2.20. The van der Waals surface area contributed by atoms with E-state index >= 15 is 0 Å². The van der Waals surface area contributed by atoms with Gasteiger partial charge >= 0.3 is 5.97 Å². The zero-order valence-electron chi connectivity index (χ0n) is 15.9. The fourth-order valence-corrected chi connectivity index (χ4v) is 4.28. The molecule has 0 radical (unpaired) electrons. The van der Waals surface area contributed by atoms with Crippen LogP contribution in [0.1, 0.15) is 10.4 Å². The Hall–Kier alpha value is -2.98. The molecule has 0 atom stereocenters. The van der Waals surface area contributed by atoms with Crippen molar-refractivity contribution in [3.8, 4) is 5.75 Å². The molecule has 29 heavy (non-hydrogen) atoms. The van der Waals surface area contributed by atoms with Crippen molar-refractivity contribution in [2.75, 3.05) is 39.9 Å². The van der Waals surface area contributed by atoms with Crippen LogP contribution in [-0.4, -0.2) is 74.4 Å². The van der Waals surface area contributed by atoms with Gasteiger partial charge in [0.2, 0.25) is 10.0 Å². The molecule has 1 aromatic heterocycles. The molecule has 1 saturated heterocycles. The highest BCUT2D eigenvalue weighted by atomic mass is 32.2. The standard InChI is InChI=1S/C19H21N3O6S/c1-27-16-4-6-17(7-5-16)29(25,26)22-11-9-21(10-12-22)18(23)14-28-19(24)15-3-2-8-20-13-15/h2-8,13H,9-12,14H2,1H3. The van der Waals surface area contributed by atoms with Crippen LogP contribution in [0.25, 0.3) is 0 Å². The van der Waals surface area contributed by atoms with Gasteiger partial charge in [0.15, 0.2) is 6.61 Å². The number of hydrogen-bond donors (Lipinski definition) is 0. The molecule has 1 amide bonds. The third-order valence-electron chi connectivity index (χ3n) is 4.51. The Kier molecular flexibility index (Phi) is 6.45. The number of esters is 1. The Morgan fingerprint density at radius 3 is 2.34 bits per heavy atom. The van der Waals surface area contributed by atoms with Gasteiger partial charge in [0, 0.05) is 38.6 Å². The van der Waals surface area contributed by atoms with E-state index in [1.807, 2.05) is 0 Å². The third kappa shape index (κ3) is 4.90. The lowest BCUT2D eigenvalue weighted by atomic mass is 10.3. The predicted molar refractivity (Wildman–Crippen MR) is 103 cm³/mol. The molecular weight excluding hydrogens is 398 g/mol. The summed E-state index contributed by atoms with van der Waals surface area (Å²) < 4.78 is 36.9. The highest BCUT2D eigenvalue weighted by Gasteiger charge is 2.30. The largest absolute Gasteiger partial charge is 0.497 e. The normalized spacial score (nSPS) is 15.0. The van der Waals surface area contributed by atoms with Crippen molar-refractivity contribution < 1.29 is 27.5 Å². The molecule has 154 valence electrons. The number of hydrogen-bond acceptors (Lipinski definition) is 7. The maximum Gasteiger partial charge on any atom is 0.340 e. The fourth-order valence-electron chi connectivity index (χ4n) is 2.86. The minimum atomic E-state index is -3.65. The first-order valence-electron chi connectivity index (χ1n) is 8.91. The van der Waals surface area contributed by atoms with Crippen molar-refractivity contribution in [1.82, 2.24) is 14.2 Å². The number of ether oxygens (including phenoxy) is 2. The van der Waals surface area contributed by atoms with Crippen molar-refractivity contribution in [3.63, 3.8) is 0 Å². The summed E-state index contributed by atoms with van der Waals surface area (Å²) in [5.41, 5.74) is 0.260. The van der Waals surface area contributed by atoms with E-state index in [2.05, 4.69) is 4.98 Å². The van der Waals surface area contributed by atoms with E-state index in [4.69, 9.17) is 9.47 Å². The molecule has 1 aliphatic rings. The van der Waals surface area contributed by atoms with Crippen LogP contribution >= 0.6 is 0 Å². The average molecular weight is 419 g/mol. The number of nitrogens with zero attached hydrogens (tertiary/aromatic N) is 3. The number of benzene rings is 1. The van der Waals surface area contributed by atoms with E-state index in [0.29, 0.717) is 5.75 Å². The number of methoxy groups -OCH3 is 1. The Morgan fingerprint density at radius 1 is 1.07 bits per heavy atom. The third-order valence-corrected chi connectivity index (χ3v) is 6.43. The van der Waals surface area contributed by atoms with E-state index in [9.17, 15) is 18.0 Å². The van der Waals surface area contributed by atoms with Gasteiger partial charge in [-0.1, -0.05) is 0 Å². The number of carbonyl (C=O) groups is 2. The highest BCUT2D eigenvalue weighted by molar-refractivity contribution is 7.89. The second-order valence-corrected chi connectivity index (χ2v) is 8.22. The van der Waals surface area contributed by atoms with E-state index in [1.165, 1.54) is 40.8 Å². The summed E-state index contributed by atoms with van der Waals surface area (Å²) in [6.45, 7) is 0.365. The molecule has 1 fully saturated rings. The number of carbonyl (C=O) groups excluding carboxylic acids is 2. The van der Waals surface area contributed by atoms with Crippen LogP contribution in [-0.2, 0) is 19.6 Å². The van der Waals surface area contributed by atoms with Crippen molar-refractivity contribution in [2.45, 2.75) is 4.90 Å². The molecule has 1 aliphatic heterocycles. The summed E-state index contributed by atoms with van der Waals surface area (Å²) in [4.78, 5) is 29.6. The quantitative estimate of drug-likeness (QED) is 0.637. The van der Waals surface area contributed by atoms with Gasteiger partial charge in [0.05, 0.1) is 17.6 Å². The van der Waals surface area contributed by atoms with Crippen molar-refractivity contribution in [2.24, 2.45) is 0 Å². The number of piperazine rings is 1. The summed E-state index contributed by atoms with van der Waals surface area (Å²) in [5, 5.41) is 0. The van der Waals surface area contributed by atoms with Crippen LogP contribution < -0.4 is 4.74 Å². The lowest BCUT2D eigenvalue weighted by Gasteiger charge is -2.33. The molecule has 0 aliphatic carbocycles. The van der Waals surface area contributed by atoms with Gasteiger partial charge in [0.25, 0.3) is 5.91 Å². The fraction of sp³-hybridized carbons (Fsp3) is 0.316. The maximum absolute atomic E-state index is 12.7. The number of rotatable bonds is 6. The Bertz CT molecular complexity index is 955. The molecule has 10 heteroatoms. The summed E-state index contributed by atoms with van der Waals surface area (Å²) >= 11 is 0. The van der Waals surface area contributed by atoms with Gasteiger partial charge < -0.3 is 14.4 Å². The van der Waals surface area contributed by atoms with Crippen LogP contribution in [0.2, 0.25) is 0 Å². The topological polar surface area (TPSA) is 106 Å². The zero-order valence-corrected chi connectivity index (χ0v) is 16.7. The second-order valence-electron chi connectivity index (χ2n) is 6.28. The molecule has 0 saturated carbocycles. The Labute approximate surface area is 168 Å². The number of amides is 1. The second kappa shape index (κ2) is 9.01. The molecule has 9 nitrogen and oxygen atoms in total. The van der Waals surface area contributed by atoms with Gasteiger partial charge in [-0.05, 0) is 36.4 Å². The Morgan fingerprint density at radius 2 is 1.76 bits per heavy atom. The molecule has 0 N–H and O–H groups in total. The molecular formula is C19H21N3O6S. The van der Waals surface area contributed by atoms with Gasteiger partial charge in [-0.15, -0.1) is 0 Å². The maximum atomic E-state index is 12.7. The van der Waals surface area contributed by atoms with Gasteiger partial charge in [-0.3, -0.25) is 9.78 Å². The summed E-state index contributed by atoms with van der Waals surface area (Å²) in [6, 6.07) is 9.29. The van der Waals surface area contributed by atoms with Crippen LogP contribution in [0.15, 0.2) is 53.7 Å².